The lowest BCUT2D eigenvalue weighted by Gasteiger charge is -2.22. The maximum absolute atomic E-state index is 11.7. The first-order chi connectivity index (χ1) is 8.34. The fourth-order valence-electron chi connectivity index (χ4n) is 1.75. The van der Waals surface area contributed by atoms with Gasteiger partial charge >= 0.3 is 5.97 Å². The summed E-state index contributed by atoms with van der Waals surface area (Å²) in [5.41, 5.74) is 5.21. The molecule has 0 saturated carbocycles. The molecule has 0 spiro atoms. The Kier molecular flexibility index (Phi) is 4.03. The molecule has 2 N–H and O–H groups in total. The van der Waals surface area contributed by atoms with Gasteiger partial charge in [-0.25, -0.2) is 0 Å². The largest absolute Gasteiger partial charge is 0.468 e. The van der Waals surface area contributed by atoms with Crippen LogP contribution in [0.2, 0.25) is 0 Å². The van der Waals surface area contributed by atoms with Crippen molar-refractivity contribution < 1.29 is 14.5 Å². The first kappa shape index (κ1) is 14.1. The summed E-state index contributed by atoms with van der Waals surface area (Å²) in [5, 5.41) is 11.1. The Balaban J connectivity index is 3.40. The van der Waals surface area contributed by atoms with Gasteiger partial charge in [0.05, 0.1) is 17.4 Å². The zero-order chi connectivity index (χ0) is 13.9. The number of nitro groups is 1. The number of carbonyl (C=O) groups excluding carboxylic acids is 1. The minimum Gasteiger partial charge on any atom is -0.468 e. The molecule has 1 rings (SSSR count). The molecule has 6 nitrogen and oxygen atoms in total. The lowest BCUT2D eigenvalue weighted by molar-refractivity contribution is -0.386. The van der Waals surface area contributed by atoms with Crippen molar-refractivity contribution in [2.45, 2.75) is 25.8 Å². The van der Waals surface area contributed by atoms with E-state index in [1.165, 1.54) is 13.2 Å². The third-order valence-electron chi connectivity index (χ3n) is 2.86. The summed E-state index contributed by atoms with van der Waals surface area (Å²) < 4.78 is 4.67. The van der Waals surface area contributed by atoms with Crippen molar-refractivity contribution in [3.8, 4) is 0 Å². The SMILES string of the molecule is COC(=O)C(C)(C)c1ccc(CN)cc1[N+](=O)[O-]. The first-order valence-corrected chi connectivity index (χ1v) is 5.41. The number of methoxy groups -OCH3 is 1. The summed E-state index contributed by atoms with van der Waals surface area (Å²) in [4.78, 5) is 22.2. The molecule has 0 fully saturated rings. The highest BCUT2D eigenvalue weighted by molar-refractivity contribution is 5.83. The normalized spacial score (nSPS) is 11.1. The second-order valence-corrected chi connectivity index (χ2v) is 4.43. The number of hydrogen-bond acceptors (Lipinski definition) is 5. The van der Waals surface area contributed by atoms with Gasteiger partial charge < -0.3 is 10.5 Å². The van der Waals surface area contributed by atoms with E-state index in [9.17, 15) is 14.9 Å². The van der Waals surface area contributed by atoms with Gasteiger partial charge in [-0.2, -0.15) is 0 Å². The number of ether oxygens (including phenoxy) is 1. The van der Waals surface area contributed by atoms with Crippen LogP contribution in [0.15, 0.2) is 18.2 Å². The third-order valence-corrected chi connectivity index (χ3v) is 2.86. The highest BCUT2D eigenvalue weighted by Crippen LogP contribution is 2.33. The number of carbonyl (C=O) groups is 1. The molecule has 0 heterocycles. The second kappa shape index (κ2) is 5.14. The number of benzene rings is 1. The summed E-state index contributed by atoms with van der Waals surface area (Å²) >= 11 is 0. The molecule has 1 aromatic rings. The molecule has 0 bridgehead atoms. The fourth-order valence-corrected chi connectivity index (χ4v) is 1.75. The van der Waals surface area contributed by atoms with E-state index in [4.69, 9.17) is 5.73 Å². The van der Waals surface area contributed by atoms with Crippen LogP contribution in [0.4, 0.5) is 5.69 Å². The number of rotatable bonds is 4. The van der Waals surface area contributed by atoms with Gasteiger partial charge in [-0.3, -0.25) is 14.9 Å². The Hall–Kier alpha value is -1.95. The van der Waals surface area contributed by atoms with Crippen LogP contribution in [0.3, 0.4) is 0 Å². The summed E-state index contributed by atoms with van der Waals surface area (Å²) in [6.07, 6.45) is 0. The van der Waals surface area contributed by atoms with Crippen LogP contribution in [0.1, 0.15) is 25.0 Å². The minimum atomic E-state index is -1.08. The molecule has 1 aromatic carbocycles. The summed E-state index contributed by atoms with van der Waals surface area (Å²) in [7, 11) is 1.25. The van der Waals surface area contributed by atoms with E-state index in [1.54, 1.807) is 26.0 Å². The predicted octanol–water partition coefficient (Wildman–Crippen LogP) is 1.50. The lowest BCUT2D eigenvalue weighted by Crippen LogP contribution is -2.31. The van der Waals surface area contributed by atoms with Crippen molar-refractivity contribution in [3.63, 3.8) is 0 Å². The lowest BCUT2D eigenvalue weighted by atomic mass is 9.83. The van der Waals surface area contributed by atoms with Gasteiger partial charge in [0, 0.05) is 18.2 Å². The molecule has 0 saturated heterocycles. The molecule has 0 unspecified atom stereocenters. The first-order valence-electron chi connectivity index (χ1n) is 5.41. The molecule has 0 radical (unpaired) electrons. The van der Waals surface area contributed by atoms with Crippen LogP contribution in [-0.2, 0) is 21.5 Å². The van der Waals surface area contributed by atoms with E-state index in [0.29, 0.717) is 11.1 Å². The van der Waals surface area contributed by atoms with Gasteiger partial charge in [0.1, 0.15) is 0 Å². The zero-order valence-electron chi connectivity index (χ0n) is 10.6. The third kappa shape index (κ3) is 2.48. The molecule has 0 aromatic heterocycles. The Bertz CT molecular complexity index is 483. The minimum absolute atomic E-state index is 0.117. The van der Waals surface area contributed by atoms with E-state index in [0.717, 1.165) is 0 Å². The van der Waals surface area contributed by atoms with Crippen LogP contribution in [0.5, 0.6) is 0 Å². The zero-order valence-corrected chi connectivity index (χ0v) is 10.6. The number of esters is 1. The smallest absolute Gasteiger partial charge is 0.315 e. The summed E-state index contributed by atoms with van der Waals surface area (Å²) in [6, 6.07) is 4.62. The monoisotopic (exact) mass is 252 g/mol. The average Bonchev–Trinajstić information content (AvgIpc) is 2.36. The van der Waals surface area contributed by atoms with E-state index in [-0.39, 0.29) is 12.2 Å². The van der Waals surface area contributed by atoms with E-state index >= 15 is 0 Å². The Morgan fingerprint density at radius 2 is 2.11 bits per heavy atom. The van der Waals surface area contributed by atoms with E-state index in [1.807, 2.05) is 0 Å². The maximum Gasteiger partial charge on any atom is 0.315 e. The fraction of sp³-hybridized carbons (Fsp3) is 0.417. The van der Waals surface area contributed by atoms with Gasteiger partial charge in [0.25, 0.3) is 5.69 Å². The molecule has 0 atom stereocenters. The molecule has 0 aliphatic heterocycles. The van der Waals surface area contributed by atoms with Crippen molar-refractivity contribution in [2.24, 2.45) is 5.73 Å². The number of nitrogens with two attached hydrogens (primary N) is 1. The van der Waals surface area contributed by atoms with Gasteiger partial charge in [-0.15, -0.1) is 0 Å². The van der Waals surface area contributed by atoms with Crippen LogP contribution in [0.25, 0.3) is 0 Å². The molecular weight excluding hydrogens is 236 g/mol. The Morgan fingerprint density at radius 3 is 2.56 bits per heavy atom. The number of nitro benzene ring substituents is 1. The second-order valence-electron chi connectivity index (χ2n) is 4.43. The average molecular weight is 252 g/mol. The van der Waals surface area contributed by atoms with E-state index in [2.05, 4.69) is 4.74 Å². The van der Waals surface area contributed by atoms with Crippen molar-refractivity contribution in [2.75, 3.05) is 7.11 Å². The van der Waals surface area contributed by atoms with Gasteiger partial charge in [-0.05, 0) is 19.4 Å². The number of hydrogen-bond donors (Lipinski definition) is 1. The van der Waals surface area contributed by atoms with Crippen LogP contribution < -0.4 is 5.73 Å². The topological polar surface area (TPSA) is 95.5 Å². The predicted molar refractivity (Wildman–Crippen MR) is 66.0 cm³/mol. The highest BCUT2D eigenvalue weighted by Gasteiger charge is 2.36. The van der Waals surface area contributed by atoms with Crippen LogP contribution in [-0.4, -0.2) is 18.0 Å². The quantitative estimate of drug-likeness (QED) is 0.497. The van der Waals surface area contributed by atoms with E-state index < -0.39 is 16.3 Å². The molecule has 0 aliphatic rings. The molecular formula is C12H16N2O4. The molecule has 0 amide bonds. The van der Waals surface area contributed by atoms with Crippen LogP contribution in [0, 0.1) is 10.1 Å². The Labute approximate surface area is 105 Å². The van der Waals surface area contributed by atoms with Gasteiger partial charge in [0.15, 0.2) is 0 Å². The molecule has 6 heteroatoms. The number of nitrogens with zero attached hydrogens (tertiary/aromatic N) is 1. The standard InChI is InChI=1S/C12H16N2O4/c1-12(2,11(15)18-3)9-5-4-8(7-13)6-10(9)14(16)17/h4-6H,7,13H2,1-3H3. The molecule has 18 heavy (non-hydrogen) atoms. The molecule has 0 aliphatic carbocycles. The highest BCUT2D eigenvalue weighted by atomic mass is 16.6. The van der Waals surface area contributed by atoms with Gasteiger partial charge in [-0.1, -0.05) is 12.1 Å². The summed E-state index contributed by atoms with van der Waals surface area (Å²) in [5.74, 6) is -0.522. The maximum atomic E-state index is 11.7. The Morgan fingerprint density at radius 1 is 1.50 bits per heavy atom. The summed E-state index contributed by atoms with van der Waals surface area (Å²) in [6.45, 7) is 3.38. The molecule has 98 valence electrons. The van der Waals surface area contributed by atoms with Crippen molar-refractivity contribution in [1.29, 1.82) is 0 Å². The van der Waals surface area contributed by atoms with Crippen molar-refractivity contribution in [1.82, 2.24) is 0 Å². The van der Waals surface area contributed by atoms with Gasteiger partial charge in [0.2, 0.25) is 0 Å². The van der Waals surface area contributed by atoms with Crippen molar-refractivity contribution in [3.05, 3.63) is 39.4 Å². The van der Waals surface area contributed by atoms with Crippen LogP contribution >= 0.6 is 0 Å². The van der Waals surface area contributed by atoms with Crippen molar-refractivity contribution >= 4 is 11.7 Å².